The van der Waals surface area contributed by atoms with Crippen LogP contribution in [0.25, 0.3) is 0 Å². The van der Waals surface area contributed by atoms with Crippen molar-refractivity contribution in [2.24, 2.45) is 0 Å². The van der Waals surface area contributed by atoms with Crippen molar-refractivity contribution in [3.8, 4) is 5.75 Å². The second-order valence-electron chi connectivity index (χ2n) is 4.98. The lowest BCUT2D eigenvalue weighted by Crippen LogP contribution is -2.29. The van der Waals surface area contributed by atoms with Crippen LogP contribution in [0.1, 0.15) is 21.3 Å². The molecule has 1 unspecified atom stereocenters. The molecule has 110 valence electrons. The molecule has 0 bridgehead atoms. The highest BCUT2D eigenvalue weighted by Gasteiger charge is 2.27. The summed E-state index contributed by atoms with van der Waals surface area (Å²) in [6, 6.07) is 7.53. The fraction of sp³-hybridized carbons (Fsp3) is 0.286. The molecule has 1 amide bonds. The SMILES string of the molecule is CN(C)c1nc(N)c(C(=O)NC2COc3ccccc32)s1. The van der Waals surface area contributed by atoms with E-state index in [-0.39, 0.29) is 17.8 Å². The number of nitrogens with one attached hydrogen (secondary N) is 1. The third kappa shape index (κ3) is 2.52. The summed E-state index contributed by atoms with van der Waals surface area (Å²) < 4.78 is 5.56. The summed E-state index contributed by atoms with van der Waals surface area (Å²) in [6.07, 6.45) is 0. The summed E-state index contributed by atoms with van der Waals surface area (Å²) in [7, 11) is 3.72. The first-order valence-electron chi connectivity index (χ1n) is 6.52. The Balaban J connectivity index is 1.79. The van der Waals surface area contributed by atoms with Crippen LogP contribution in [0.5, 0.6) is 5.75 Å². The number of fused-ring (bicyclic) bond motifs is 1. The molecule has 3 N–H and O–H groups in total. The molecule has 0 aliphatic carbocycles. The van der Waals surface area contributed by atoms with Gasteiger partial charge in [-0.3, -0.25) is 4.79 Å². The van der Waals surface area contributed by atoms with E-state index in [2.05, 4.69) is 10.3 Å². The number of carbonyl (C=O) groups excluding carboxylic acids is 1. The Morgan fingerprint density at radius 3 is 2.95 bits per heavy atom. The molecule has 0 spiro atoms. The van der Waals surface area contributed by atoms with Crippen molar-refractivity contribution in [3.63, 3.8) is 0 Å². The van der Waals surface area contributed by atoms with E-state index in [1.807, 2.05) is 43.3 Å². The highest BCUT2D eigenvalue weighted by atomic mass is 32.1. The Morgan fingerprint density at radius 2 is 2.24 bits per heavy atom. The molecule has 1 atom stereocenters. The number of aromatic nitrogens is 1. The number of nitrogen functional groups attached to an aromatic ring is 1. The van der Waals surface area contributed by atoms with Gasteiger partial charge in [0.2, 0.25) is 0 Å². The highest BCUT2D eigenvalue weighted by Crippen LogP contribution is 2.33. The topological polar surface area (TPSA) is 80.5 Å². The normalized spacial score (nSPS) is 16.2. The van der Waals surface area contributed by atoms with E-state index in [1.54, 1.807) is 0 Å². The molecule has 0 radical (unpaired) electrons. The van der Waals surface area contributed by atoms with Crippen LogP contribution < -0.4 is 20.7 Å². The quantitative estimate of drug-likeness (QED) is 0.901. The zero-order valence-corrected chi connectivity index (χ0v) is 12.6. The number of carbonyl (C=O) groups is 1. The summed E-state index contributed by atoms with van der Waals surface area (Å²) in [5.41, 5.74) is 6.82. The van der Waals surface area contributed by atoms with E-state index in [0.717, 1.165) is 11.3 Å². The summed E-state index contributed by atoms with van der Waals surface area (Å²) in [6.45, 7) is 0.435. The van der Waals surface area contributed by atoms with E-state index in [4.69, 9.17) is 10.5 Å². The molecule has 0 fully saturated rings. The van der Waals surface area contributed by atoms with Crippen LogP contribution in [0, 0.1) is 0 Å². The van der Waals surface area contributed by atoms with E-state index >= 15 is 0 Å². The first-order chi connectivity index (χ1) is 10.1. The van der Waals surface area contributed by atoms with Gasteiger partial charge in [-0.15, -0.1) is 0 Å². The van der Waals surface area contributed by atoms with Crippen molar-refractivity contribution in [2.75, 3.05) is 31.3 Å². The average Bonchev–Trinajstić information content (AvgIpc) is 3.03. The minimum atomic E-state index is -0.219. The molecule has 1 aromatic carbocycles. The standard InChI is InChI=1S/C14H16N4O2S/c1-18(2)14-17-12(15)11(21-14)13(19)16-9-7-20-10-6-4-3-5-8(9)10/h3-6,9H,7,15H2,1-2H3,(H,16,19). The third-order valence-electron chi connectivity index (χ3n) is 3.24. The summed E-state index contributed by atoms with van der Waals surface area (Å²) >= 11 is 1.28. The van der Waals surface area contributed by atoms with Crippen molar-refractivity contribution in [3.05, 3.63) is 34.7 Å². The van der Waals surface area contributed by atoms with Gasteiger partial charge in [-0.1, -0.05) is 29.5 Å². The first kappa shape index (κ1) is 13.7. The lowest BCUT2D eigenvalue weighted by atomic mass is 10.1. The Morgan fingerprint density at radius 1 is 1.48 bits per heavy atom. The molecule has 1 aliphatic rings. The fourth-order valence-electron chi connectivity index (χ4n) is 2.18. The molecule has 7 heteroatoms. The Bertz CT molecular complexity index is 683. The van der Waals surface area contributed by atoms with Gasteiger partial charge >= 0.3 is 0 Å². The minimum Gasteiger partial charge on any atom is -0.491 e. The van der Waals surface area contributed by atoms with Crippen LogP contribution in [0.4, 0.5) is 10.9 Å². The molecule has 2 aromatic rings. The fourth-order valence-corrected chi connectivity index (χ4v) is 2.99. The van der Waals surface area contributed by atoms with E-state index in [9.17, 15) is 4.79 Å². The Labute approximate surface area is 126 Å². The maximum atomic E-state index is 12.4. The largest absolute Gasteiger partial charge is 0.491 e. The summed E-state index contributed by atoms with van der Waals surface area (Å²) in [5.74, 6) is 0.853. The maximum Gasteiger partial charge on any atom is 0.265 e. The van der Waals surface area contributed by atoms with Crippen molar-refractivity contribution in [2.45, 2.75) is 6.04 Å². The van der Waals surface area contributed by atoms with Crippen LogP contribution in [-0.4, -0.2) is 31.6 Å². The van der Waals surface area contributed by atoms with Gasteiger partial charge in [0.1, 0.15) is 23.1 Å². The smallest absolute Gasteiger partial charge is 0.265 e. The van der Waals surface area contributed by atoms with Gasteiger partial charge in [-0.2, -0.15) is 0 Å². The molecule has 3 rings (SSSR count). The number of rotatable bonds is 3. The predicted octanol–water partition coefficient (Wildman–Crippen LogP) is 1.65. The number of para-hydroxylation sites is 1. The second kappa shape index (κ2) is 5.25. The monoisotopic (exact) mass is 304 g/mol. The number of thiazole rings is 1. The predicted molar refractivity (Wildman–Crippen MR) is 83.0 cm³/mol. The number of anilines is 2. The van der Waals surface area contributed by atoms with Crippen molar-refractivity contribution < 1.29 is 9.53 Å². The molecule has 2 heterocycles. The van der Waals surface area contributed by atoms with Crippen molar-refractivity contribution >= 4 is 28.2 Å². The molecular weight excluding hydrogens is 288 g/mol. The number of hydrogen-bond acceptors (Lipinski definition) is 6. The lowest BCUT2D eigenvalue weighted by Gasteiger charge is -2.10. The summed E-state index contributed by atoms with van der Waals surface area (Å²) in [4.78, 5) is 18.8. The van der Waals surface area contributed by atoms with Crippen molar-refractivity contribution in [1.82, 2.24) is 10.3 Å². The van der Waals surface area contributed by atoms with E-state index in [0.29, 0.717) is 16.6 Å². The molecule has 1 aromatic heterocycles. The van der Waals surface area contributed by atoms with Crippen molar-refractivity contribution in [1.29, 1.82) is 0 Å². The Hall–Kier alpha value is -2.28. The van der Waals surface area contributed by atoms with Crippen LogP contribution >= 0.6 is 11.3 Å². The van der Waals surface area contributed by atoms with Gasteiger partial charge in [0, 0.05) is 19.7 Å². The summed E-state index contributed by atoms with van der Waals surface area (Å²) in [5, 5.41) is 3.66. The molecular formula is C14H16N4O2S. The van der Waals surface area contributed by atoms with Gasteiger partial charge in [-0.05, 0) is 6.07 Å². The van der Waals surface area contributed by atoms with Crippen LogP contribution in [-0.2, 0) is 0 Å². The molecule has 6 nitrogen and oxygen atoms in total. The molecule has 21 heavy (non-hydrogen) atoms. The Kier molecular flexibility index (Phi) is 3.42. The van der Waals surface area contributed by atoms with E-state index in [1.165, 1.54) is 11.3 Å². The van der Waals surface area contributed by atoms with Crippen LogP contribution in [0.15, 0.2) is 24.3 Å². The number of nitrogens with zero attached hydrogens (tertiary/aromatic N) is 2. The highest BCUT2D eigenvalue weighted by molar-refractivity contribution is 7.18. The van der Waals surface area contributed by atoms with Crippen LogP contribution in [0.3, 0.4) is 0 Å². The number of nitrogens with two attached hydrogens (primary N) is 1. The van der Waals surface area contributed by atoms with Gasteiger partial charge in [0.05, 0.1) is 6.04 Å². The average molecular weight is 304 g/mol. The second-order valence-corrected chi connectivity index (χ2v) is 5.96. The third-order valence-corrected chi connectivity index (χ3v) is 4.47. The molecule has 0 saturated carbocycles. The van der Waals surface area contributed by atoms with Gasteiger partial charge in [0.25, 0.3) is 5.91 Å². The number of hydrogen-bond donors (Lipinski definition) is 2. The molecule has 0 saturated heterocycles. The first-order valence-corrected chi connectivity index (χ1v) is 7.34. The lowest BCUT2D eigenvalue weighted by molar-refractivity contribution is 0.0935. The maximum absolute atomic E-state index is 12.4. The number of benzene rings is 1. The van der Waals surface area contributed by atoms with E-state index < -0.39 is 0 Å². The number of ether oxygens (including phenoxy) is 1. The van der Waals surface area contributed by atoms with Gasteiger partial charge in [-0.25, -0.2) is 4.98 Å². The zero-order valence-electron chi connectivity index (χ0n) is 11.8. The minimum absolute atomic E-state index is 0.155. The van der Waals surface area contributed by atoms with Crippen LogP contribution in [0.2, 0.25) is 0 Å². The zero-order chi connectivity index (χ0) is 15.0. The molecule has 1 aliphatic heterocycles. The van der Waals surface area contributed by atoms with Gasteiger partial charge < -0.3 is 20.7 Å². The number of amides is 1. The van der Waals surface area contributed by atoms with Gasteiger partial charge in [0.15, 0.2) is 5.13 Å².